The summed E-state index contributed by atoms with van der Waals surface area (Å²) >= 11 is 0. The van der Waals surface area contributed by atoms with Gasteiger partial charge in [0.25, 0.3) is 0 Å². The molecule has 0 saturated carbocycles. The van der Waals surface area contributed by atoms with Crippen molar-refractivity contribution in [1.82, 2.24) is 5.43 Å². The molecule has 1 amide bonds. The minimum absolute atomic E-state index is 0.223. The summed E-state index contributed by atoms with van der Waals surface area (Å²) in [5.74, 6) is 4.63. The minimum atomic E-state index is -3.01. The molecule has 0 aromatic heterocycles. The van der Waals surface area contributed by atoms with Crippen LogP contribution in [0.15, 0.2) is 0 Å². The average molecular weight is 238 g/mol. The van der Waals surface area contributed by atoms with Gasteiger partial charge in [-0.25, -0.2) is 5.84 Å². The molecule has 0 atom stereocenters. The Kier molecular flexibility index (Phi) is 7.60. The number of hydrogen-bond acceptors (Lipinski definition) is 5. The number of rotatable bonds is 8. The van der Waals surface area contributed by atoms with Crippen LogP contribution in [0.2, 0.25) is 0 Å². The molecule has 0 rings (SSSR count). The van der Waals surface area contributed by atoms with Crippen LogP contribution in [0.3, 0.4) is 0 Å². The standard InChI is InChI=1S/C8H19N2O4P/c1-3-13-15(12,14-4-2)7-5-6-8(11)10-9/h3-7,9H2,1-2H3,(H,10,11). The number of carbonyl (C=O) groups excluding carboxylic acids is 1. The van der Waals surface area contributed by atoms with Crippen molar-refractivity contribution in [3.8, 4) is 0 Å². The lowest BCUT2D eigenvalue weighted by atomic mass is 10.3. The Hall–Kier alpha value is -0.420. The number of hydrazine groups is 1. The van der Waals surface area contributed by atoms with E-state index in [0.717, 1.165) is 0 Å². The molecular formula is C8H19N2O4P. The van der Waals surface area contributed by atoms with Crippen LogP contribution in [-0.4, -0.2) is 25.3 Å². The maximum atomic E-state index is 11.9. The molecule has 0 bridgehead atoms. The van der Waals surface area contributed by atoms with Crippen LogP contribution in [0.5, 0.6) is 0 Å². The molecule has 15 heavy (non-hydrogen) atoms. The van der Waals surface area contributed by atoms with Crippen molar-refractivity contribution in [2.45, 2.75) is 26.7 Å². The minimum Gasteiger partial charge on any atom is -0.309 e. The summed E-state index contributed by atoms with van der Waals surface area (Å²) in [6.07, 6.45) is 0.892. The van der Waals surface area contributed by atoms with Crippen LogP contribution < -0.4 is 11.3 Å². The molecule has 3 N–H and O–H groups in total. The van der Waals surface area contributed by atoms with Crippen molar-refractivity contribution >= 4 is 13.5 Å². The summed E-state index contributed by atoms with van der Waals surface area (Å²) < 4.78 is 22.0. The summed E-state index contributed by atoms with van der Waals surface area (Å²) in [7, 11) is -3.01. The molecule has 0 unspecified atom stereocenters. The Balaban J connectivity index is 3.96. The SMILES string of the molecule is CCOP(=O)(CCCC(=O)NN)OCC. The topological polar surface area (TPSA) is 90.7 Å². The second-order valence-corrected chi connectivity index (χ2v) is 5.03. The van der Waals surface area contributed by atoms with E-state index in [0.29, 0.717) is 19.6 Å². The fraction of sp³-hybridized carbons (Fsp3) is 0.875. The van der Waals surface area contributed by atoms with Crippen molar-refractivity contribution < 1.29 is 18.4 Å². The number of nitrogens with one attached hydrogen (secondary N) is 1. The molecule has 0 fully saturated rings. The number of carbonyl (C=O) groups is 1. The van der Waals surface area contributed by atoms with Crippen molar-refractivity contribution in [2.75, 3.05) is 19.4 Å². The van der Waals surface area contributed by atoms with Gasteiger partial charge in [-0.05, 0) is 20.3 Å². The van der Waals surface area contributed by atoms with E-state index in [9.17, 15) is 9.36 Å². The normalized spacial score (nSPS) is 11.4. The molecule has 6 nitrogen and oxygen atoms in total. The summed E-state index contributed by atoms with van der Waals surface area (Å²) in [5.41, 5.74) is 2.00. The van der Waals surface area contributed by atoms with Crippen LogP contribution in [0, 0.1) is 0 Å². The molecule has 0 saturated heterocycles. The highest BCUT2D eigenvalue weighted by Crippen LogP contribution is 2.48. The summed E-state index contributed by atoms with van der Waals surface area (Å²) in [6, 6.07) is 0. The highest BCUT2D eigenvalue weighted by molar-refractivity contribution is 7.53. The van der Waals surface area contributed by atoms with Crippen molar-refractivity contribution in [1.29, 1.82) is 0 Å². The van der Waals surface area contributed by atoms with E-state index in [1.165, 1.54) is 0 Å². The van der Waals surface area contributed by atoms with Crippen LogP contribution >= 0.6 is 7.60 Å². The Morgan fingerprint density at radius 1 is 1.33 bits per heavy atom. The molecule has 0 aliphatic rings. The van der Waals surface area contributed by atoms with E-state index < -0.39 is 7.60 Å². The van der Waals surface area contributed by atoms with Gasteiger partial charge in [-0.3, -0.25) is 14.8 Å². The van der Waals surface area contributed by atoms with E-state index in [-0.39, 0.29) is 18.5 Å². The average Bonchev–Trinajstić information content (AvgIpc) is 2.18. The molecule has 0 aliphatic carbocycles. The highest BCUT2D eigenvalue weighted by atomic mass is 31.2. The van der Waals surface area contributed by atoms with Crippen molar-refractivity contribution in [3.63, 3.8) is 0 Å². The first-order valence-corrected chi connectivity index (χ1v) is 6.68. The lowest BCUT2D eigenvalue weighted by Crippen LogP contribution is -2.29. The van der Waals surface area contributed by atoms with E-state index in [4.69, 9.17) is 14.9 Å². The van der Waals surface area contributed by atoms with Gasteiger partial charge in [0.1, 0.15) is 0 Å². The number of hydrogen-bond donors (Lipinski definition) is 2. The predicted molar refractivity (Wildman–Crippen MR) is 57.3 cm³/mol. The zero-order chi connectivity index (χ0) is 11.7. The third-order valence-corrected chi connectivity index (χ3v) is 3.82. The van der Waals surface area contributed by atoms with E-state index in [1.807, 2.05) is 5.43 Å². The predicted octanol–water partition coefficient (Wildman–Crippen LogP) is 1.02. The van der Waals surface area contributed by atoms with Gasteiger partial charge in [-0.15, -0.1) is 0 Å². The van der Waals surface area contributed by atoms with E-state index >= 15 is 0 Å². The maximum absolute atomic E-state index is 11.9. The second-order valence-electron chi connectivity index (χ2n) is 2.84. The van der Waals surface area contributed by atoms with Gasteiger partial charge in [-0.1, -0.05) is 0 Å². The molecule has 0 spiro atoms. The van der Waals surface area contributed by atoms with Crippen LogP contribution in [0.4, 0.5) is 0 Å². The second kappa shape index (κ2) is 7.82. The molecule has 0 radical (unpaired) electrons. The number of amides is 1. The zero-order valence-corrected chi connectivity index (χ0v) is 10.1. The molecule has 0 heterocycles. The molecule has 0 aromatic rings. The van der Waals surface area contributed by atoms with Gasteiger partial charge in [0.2, 0.25) is 5.91 Å². The lowest BCUT2D eigenvalue weighted by molar-refractivity contribution is -0.121. The first-order chi connectivity index (χ1) is 7.08. The van der Waals surface area contributed by atoms with Gasteiger partial charge in [-0.2, -0.15) is 0 Å². The van der Waals surface area contributed by atoms with E-state index in [1.54, 1.807) is 13.8 Å². The third-order valence-electron chi connectivity index (χ3n) is 1.65. The Morgan fingerprint density at radius 3 is 2.27 bits per heavy atom. The quantitative estimate of drug-likeness (QED) is 0.285. The fourth-order valence-corrected chi connectivity index (χ4v) is 2.73. The van der Waals surface area contributed by atoms with Crippen molar-refractivity contribution in [3.05, 3.63) is 0 Å². The van der Waals surface area contributed by atoms with Gasteiger partial charge in [0.15, 0.2) is 0 Å². The van der Waals surface area contributed by atoms with Gasteiger partial charge < -0.3 is 9.05 Å². The molecular weight excluding hydrogens is 219 g/mol. The Bertz CT molecular complexity index is 225. The van der Waals surface area contributed by atoms with Gasteiger partial charge in [0.05, 0.1) is 19.4 Å². The number of nitrogens with two attached hydrogens (primary N) is 1. The molecule has 90 valence electrons. The molecule has 7 heteroatoms. The lowest BCUT2D eigenvalue weighted by Gasteiger charge is -2.16. The largest absolute Gasteiger partial charge is 0.330 e. The maximum Gasteiger partial charge on any atom is 0.330 e. The first-order valence-electron chi connectivity index (χ1n) is 4.95. The smallest absolute Gasteiger partial charge is 0.309 e. The van der Waals surface area contributed by atoms with Crippen LogP contribution in [0.1, 0.15) is 26.7 Å². The van der Waals surface area contributed by atoms with E-state index in [2.05, 4.69) is 0 Å². The molecule has 0 aliphatic heterocycles. The van der Waals surface area contributed by atoms with Crippen LogP contribution in [0.25, 0.3) is 0 Å². The first kappa shape index (κ1) is 14.6. The Morgan fingerprint density at radius 2 is 1.87 bits per heavy atom. The Labute approximate surface area is 90.0 Å². The third kappa shape index (κ3) is 6.62. The zero-order valence-electron chi connectivity index (χ0n) is 9.19. The summed E-state index contributed by atoms with van der Waals surface area (Å²) in [6.45, 7) is 4.16. The summed E-state index contributed by atoms with van der Waals surface area (Å²) in [5, 5.41) is 0. The molecule has 0 aromatic carbocycles. The highest BCUT2D eigenvalue weighted by Gasteiger charge is 2.22. The van der Waals surface area contributed by atoms with Gasteiger partial charge in [0, 0.05) is 6.42 Å². The van der Waals surface area contributed by atoms with Crippen molar-refractivity contribution in [2.24, 2.45) is 5.84 Å². The van der Waals surface area contributed by atoms with Crippen LogP contribution in [-0.2, 0) is 18.4 Å². The monoisotopic (exact) mass is 238 g/mol. The summed E-state index contributed by atoms with van der Waals surface area (Å²) in [4.78, 5) is 10.8. The van der Waals surface area contributed by atoms with Gasteiger partial charge >= 0.3 is 7.60 Å². The fourth-order valence-electron chi connectivity index (χ4n) is 1.07.